The van der Waals surface area contributed by atoms with Crippen LogP contribution >= 0.6 is 0 Å². The summed E-state index contributed by atoms with van der Waals surface area (Å²) in [5.41, 5.74) is 0.863. The zero-order valence-electron chi connectivity index (χ0n) is 6.81. The lowest BCUT2D eigenvalue weighted by Gasteiger charge is -1.78. The minimum absolute atomic E-state index is 0.863. The zero-order chi connectivity index (χ0) is 8.65. The van der Waals surface area contributed by atoms with E-state index in [4.69, 9.17) is 0 Å². The van der Waals surface area contributed by atoms with Gasteiger partial charge in [0, 0.05) is 6.20 Å². The van der Waals surface area contributed by atoms with Crippen LogP contribution in [0.15, 0.2) is 34.8 Å². The van der Waals surface area contributed by atoms with Crippen LogP contribution in [0.1, 0.15) is 12.6 Å². The lowest BCUT2D eigenvalue weighted by atomic mass is 10.5. The molecular formula is C8H10N4. The van der Waals surface area contributed by atoms with E-state index in [1.54, 1.807) is 24.9 Å². The third-order valence-corrected chi connectivity index (χ3v) is 1.10. The van der Waals surface area contributed by atoms with Crippen molar-refractivity contribution in [2.75, 3.05) is 0 Å². The number of nitrogens with zero attached hydrogens (tertiary/aromatic N) is 3. The van der Waals surface area contributed by atoms with Crippen LogP contribution in [0.4, 0.5) is 0 Å². The molecule has 1 aromatic rings. The molecule has 12 heavy (non-hydrogen) atoms. The molecule has 0 aliphatic carbocycles. The summed E-state index contributed by atoms with van der Waals surface area (Å²) in [7, 11) is 0. The van der Waals surface area contributed by atoms with Crippen LogP contribution in [0.3, 0.4) is 0 Å². The molecule has 4 nitrogen and oxygen atoms in total. The first kappa shape index (κ1) is 8.39. The number of imidazole rings is 1. The summed E-state index contributed by atoms with van der Waals surface area (Å²) in [6.45, 7) is 1.90. The lowest BCUT2D eigenvalue weighted by molar-refractivity contribution is 1.31. The van der Waals surface area contributed by atoms with Gasteiger partial charge in [0.05, 0.1) is 24.4 Å². The van der Waals surface area contributed by atoms with Crippen LogP contribution in [-0.4, -0.2) is 22.5 Å². The summed E-state index contributed by atoms with van der Waals surface area (Å²) in [5, 5.41) is 0. The van der Waals surface area contributed by atoms with E-state index < -0.39 is 0 Å². The van der Waals surface area contributed by atoms with Crippen molar-refractivity contribution in [3.63, 3.8) is 0 Å². The average molecular weight is 162 g/mol. The molecule has 0 saturated heterocycles. The van der Waals surface area contributed by atoms with Crippen molar-refractivity contribution in [3.8, 4) is 0 Å². The Bertz CT molecular complexity index is 282. The van der Waals surface area contributed by atoms with Crippen molar-refractivity contribution >= 4 is 12.6 Å². The van der Waals surface area contributed by atoms with E-state index >= 15 is 0 Å². The maximum atomic E-state index is 3.91. The van der Waals surface area contributed by atoms with Gasteiger partial charge >= 0.3 is 0 Å². The van der Waals surface area contributed by atoms with Gasteiger partial charge in [-0.15, -0.1) is 0 Å². The number of H-pyrrole nitrogens is 1. The van der Waals surface area contributed by atoms with Crippen molar-refractivity contribution in [1.82, 2.24) is 9.97 Å². The van der Waals surface area contributed by atoms with Gasteiger partial charge in [0.25, 0.3) is 0 Å². The van der Waals surface area contributed by atoms with Crippen LogP contribution in [0, 0.1) is 0 Å². The minimum atomic E-state index is 0.863. The molecule has 0 aliphatic rings. The average Bonchev–Trinajstić information content (AvgIpc) is 2.57. The molecule has 62 valence electrons. The third-order valence-electron chi connectivity index (χ3n) is 1.10. The van der Waals surface area contributed by atoms with Gasteiger partial charge < -0.3 is 4.98 Å². The number of nitrogens with one attached hydrogen (secondary N) is 1. The Labute approximate surface area is 70.8 Å². The van der Waals surface area contributed by atoms with E-state index in [9.17, 15) is 0 Å². The molecular weight excluding hydrogens is 152 g/mol. The van der Waals surface area contributed by atoms with Gasteiger partial charge in [-0.1, -0.05) is 6.08 Å². The molecule has 0 fully saturated rings. The Morgan fingerprint density at radius 2 is 2.42 bits per heavy atom. The van der Waals surface area contributed by atoms with Gasteiger partial charge in [0.1, 0.15) is 6.34 Å². The zero-order valence-corrected chi connectivity index (χ0v) is 6.81. The topological polar surface area (TPSA) is 53.4 Å². The second-order valence-electron chi connectivity index (χ2n) is 2.03. The molecule has 1 N–H and O–H groups in total. The number of hydrogen-bond acceptors (Lipinski definition) is 2. The molecule has 0 spiro atoms. The predicted molar refractivity (Wildman–Crippen MR) is 49.5 cm³/mol. The van der Waals surface area contributed by atoms with E-state index in [2.05, 4.69) is 20.0 Å². The van der Waals surface area contributed by atoms with Gasteiger partial charge in [-0.25, -0.2) is 15.0 Å². The van der Waals surface area contributed by atoms with E-state index in [0.29, 0.717) is 0 Å². The summed E-state index contributed by atoms with van der Waals surface area (Å²) in [5.74, 6) is 0. The highest BCUT2D eigenvalue weighted by Crippen LogP contribution is 1.83. The number of aliphatic imine (C=N–C) groups is 2. The summed E-state index contributed by atoms with van der Waals surface area (Å²) in [4.78, 5) is 14.5. The molecule has 0 atom stereocenters. The maximum absolute atomic E-state index is 3.91. The van der Waals surface area contributed by atoms with Gasteiger partial charge in [0.2, 0.25) is 0 Å². The van der Waals surface area contributed by atoms with Gasteiger partial charge in [0.15, 0.2) is 0 Å². The smallest absolute Gasteiger partial charge is 0.115 e. The molecule has 1 aromatic heterocycles. The van der Waals surface area contributed by atoms with Gasteiger partial charge in [-0.2, -0.15) is 0 Å². The second kappa shape index (κ2) is 5.01. The van der Waals surface area contributed by atoms with Gasteiger partial charge in [-0.3, -0.25) is 0 Å². The quantitative estimate of drug-likeness (QED) is 0.530. The van der Waals surface area contributed by atoms with Crippen LogP contribution < -0.4 is 0 Å². The fourth-order valence-corrected chi connectivity index (χ4v) is 0.614. The predicted octanol–water partition coefficient (Wildman–Crippen LogP) is 1.39. The first-order valence-electron chi connectivity index (χ1n) is 3.58. The van der Waals surface area contributed by atoms with Crippen molar-refractivity contribution in [1.29, 1.82) is 0 Å². The Hall–Kier alpha value is -1.71. The minimum Gasteiger partial charge on any atom is -0.344 e. The molecule has 0 amide bonds. The van der Waals surface area contributed by atoms with Crippen LogP contribution in [0.2, 0.25) is 0 Å². The number of rotatable bonds is 3. The Morgan fingerprint density at radius 3 is 3.08 bits per heavy atom. The normalized spacial score (nSPS) is 12.4. The SMILES string of the molecule is C\C=C/N=C\N=C\c1cnc[nH]1. The summed E-state index contributed by atoms with van der Waals surface area (Å²) >= 11 is 0. The highest BCUT2D eigenvalue weighted by atomic mass is 14.9. The van der Waals surface area contributed by atoms with Crippen molar-refractivity contribution in [2.24, 2.45) is 9.98 Å². The number of hydrogen-bond donors (Lipinski definition) is 1. The first-order chi connectivity index (χ1) is 5.93. The molecule has 1 heterocycles. The van der Waals surface area contributed by atoms with Crippen LogP contribution in [0.5, 0.6) is 0 Å². The monoisotopic (exact) mass is 162 g/mol. The number of aromatic amines is 1. The van der Waals surface area contributed by atoms with Crippen LogP contribution in [0.25, 0.3) is 0 Å². The largest absolute Gasteiger partial charge is 0.344 e. The van der Waals surface area contributed by atoms with Crippen molar-refractivity contribution in [2.45, 2.75) is 6.92 Å². The molecule has 4 heteroatoms. The Kier molecular flexibility index (Phi) is 3.50. The Morgan fingerprint density at radius 1 is 1.50 bits per heavy atom. The highest BCUT2D eigenvalue weighted by molar-refractivity contribution is 5.83. The third kappa shape index (κ3) is 2.92. The number of allylic oxidation sites excluding steroid dienone is 1. The van der Waals surface area contributed by atoms with E-state index in [-0.39, 0.29) is 0 Å². The number of aromatic nitrogens is 2. The van der Waals surface area contributed by atoms with Gasteiger partial charge in [-0.05, 0) is 6.92 Å². The molecule has 0 saturated carbocycles. The van der Waals surface area contributed by atoms with E-state index in [1.807, 2.05) is 13.0 Å². The highest BCUT2D eigenvalue weighted by Gasteiger charge is 1.82. The molecule has 0 radical (unpaired) electrons. The standard InChI is InChI=1S/C8H10N4/c1-2-3-9-6-10-4-8-5-11-7-12-8/h2-7H,1H3,(H,11,12)/b3-2-,9-6-,10-4+. The van der Waals surface area contributed by atoms with E-state index in [1.165, 1.54) is 6.34 Å². The second-order valence-corrected chi connectivity index (χ2v) is 2.03. The molecule has 0 bridgehead atoms. The molecule has 0 aliphatic heterocycles. The van der Waals surface area contributed by atoms with Crippen LogP contribution in [-0.2, 0) is 0 Å². The van der Waals surface area contributed by atoms with Crippen molar-refractivity contribution < 1.29 is 0 Å². The first-order valence-corrected chi connectivity index (χ1v) is 3.58. The fourth-order valence-electron chi connectivity index (χ4n) is 0.614. The molecule has 1 rings (SSSR count). The Balaban J connectivity index is 2.41. The summed E-state index contributed by atoms with van der Waals surface area (Å²) in [6, 6.07) is 0. The maximum Gasteiger partial charge on any atom is 0.115 e. The van der Waals surface area contributed by atoms with Crippen molar-refractivity contribution in [3.05, 3.63) is 30.5 Å². The molecule has 0 aromatic carbocycles. The fraction of sp³-hybridized carbons (Fsp3) is 0.125. The molecule has 0 unspecified atom stereocenters. The summed E-state index contributed by atoms with van der Waals surface area (Å²) in [6.07, 6.45) is 9.92. The summed E-state index contributed by atoms with van der Waals surface area (Å²) < 4.78 is 0. The van der Waals surface area contributed by atoms with E-state index in [0.717, 1.165) is 5.69 Å². The lowest BCUT2D eigenvalue weighted by Crippen LogP contribution is -1.78.